The van der Waals surface area contributed by atoms with E-state index in [1.165, 1.54) is 23.7 Å². The van der Waals surface area contributed by atoms with E-state index in [0.29, 0.717) is 23.3 Å². The molecule has 0 atom stereocenters. The Hall–Kier alpha value is -2.71. The maximum absolute atomic E-state index is 12.6. The molecule has 136 valence electrons. The molecule has 2 amide bonds. The van der Waals surface area contributed by atoms with Crippen LogP contribution in [-0.4, -0.2) is 48.7 Å². The van der Waals surface area contributed by atoms with Crippen molar-refractivity contribution in [3.05, 3.63) is 29.3 Å². The second-order valence-corrected chi connectivity index (χ2v) is 8.02. The highest BCUT2D eigenvalue weighted by Gasteiger charge is 2.49. The van der Waals surface area contributed by atoms with Crippen LogP contribution in [0, 0.1) is 5.41 Å². The Kier molecular flexibility index (Phi) is 3.08. The molecule has 9 heteroatoms. The van der Waals surface area contributed by atoms with Crippen LogP contribution in [0.2, 0.25) is 0 Å². The fourth-order valence-corrected chi connectivity index (χ4v) is 3.75. The molecule has 26 heavy (non-hydrogen) atoms. The number of hydrogen-bond acceptors (Lipinski definition) is 5. The van der Waals surface area contributed by atoms with Crippen LogP contribution in [0.4, 0.5) is 0 Å². The van der Waals surface area contributed by atoms with E-state index in [9.17, 15) is 9.59 Å². The number of nitrogens with one attached hydrogen (secondary N) is 2. The minimum Gasteiger partial charge on any atom is -0.348 e. The topological polar surface area (TPSA) is 107 Å². The van der Waals surface area contributed by atoms with Gasteiger partial charge in [0.25, 0.3) is 11.8 Å². The Labute approximate surface area is 150 Å². The smallest absolute Gasteiger partial charge is 0.272 e. The van der Waals surface area contributed by atoms with E-state index in [2.05, 4.69) is 26.0 Å². The number of aromatic nitrogens is 5. The van der Waals surface area contributed by atoms with Gasteiger partial charge in [-0.25, -0.2) is 4.68 Å². The number of amides is 2. The zero-order chi connectivity index (χ0) is 17.9. The third-order valence-electron chi connectivity index (χ3n) is 5.86. The van der Waals surface area contributed by atoms with Gasteiger partial charge in [-0.2, -0.15) is 5.10 Å². The fraction of sp³-hybridized carbons (Fsp3) is 0.588. The van der Waals surface area contributed by atoms with Gasteiger partial charge in [0.15, 0.2) is 0 Å². The quantitative estimate of drug-likeness (QED) is 0.788. The summed E-state index contributed by atoms with van der Waals surface area (Å²) in [5.74, 6) is -0.403. The molecule has 2 aromatic heterocycles. The number of nitrogens with zero attached hydrogens (tertiary/aromatic N) is 5. The molecule has 3 aliphatic rings. The van der Waals surface area contributed by atoms with E-state index in [1.54, 1.807) is 7.05 Å². The highest BCUT2D eigenvalue weighted by molar-refractivity contribution is 5.94. The van der Waals surface area contributed by atoms with Gasteiger partial charge in [0.1, 0.15) is 11.4 Å². The van der Waals surface area contributed by atoms with Gasteiger partial charge >= 0.3 is 0 Å². The molecule has 0 aromatic carbocycles. The standard InChI is InChI=1S/C17H21N7O2/c1-23-13(8-19-22-23)15(26)18-9-17(4-5-17)20-14(25)12-6-11-7-16(2-3-16)10-24(11)21-12/h6,8H,2-5,7,9-10H2,1H3,(H,18,26)(H,20,25). The van der Waals surface area contributed by atoms with Crippen molar-refractivity contribution in [1.82, 2.24) is 35.4 Å². The molecule has 2 fully saturated rings. The van der Waals surface area contributed by atoms with Crippen LogP contribution in [0.15, 0.2) is 12.3 Å². The first-order valence-corrected chi connectivity index (χ1v) is 9.00. The third-order valence-corrected chi connectivity index (χ3v) is 5.86. The summed E-state index contributed by atoms with van der Waals surface area (Å²) in [6, 6.07) is 1.92. The van der Waals surface area contributed by atoms with Gasteiger partial charge in [-0.3, -0.25) is 14.3 Å². The van der Waals surface area contributed by atoms with Gasteiger partial charge in [-0.15, -0.1) is 5.10 Å². The third kappa shape index (κ3) is 2.58. The van der Waals surface area contributed by atoms with E-state index in [1.807, 2.05) is 10.7 Å². The lowest BCUT2D eigenvalue weighted by molar-refractivity contribution is 0.0895. The fourth-order valence-electron chi connectivity index (χ4n) is 3.75. The molecule has 2 aliphatic carbocycles. The van der Waals surface area contributed by atoms with Crippen LogP contribution in [0.3, 0.4) is 0 Å². The number of aryl methyl sites for hydroxylation is 1. The molecule has 0 bridgehead atoms. The predicted molar refractivity (Wildman–Crippen MR) is 90.4 cm³/mol. The molecule has 1 spiro atoms. The Morgan fingerprint density at radius 1 is 1.23 bits per heavy atom. The molecule has 0 saturated heterocycles. The molecular formula is C17H21N7O2. The molecule has 9 nitrogen and oxygen atoms in total. The number of hydrogen-bond donors (Lipinski definition) is 2. The predicted octanol–water partition coefficient (Wildman–Crippen LogP) is 0.0403. The molecular weight excluding hydrogens is 334 g/mol. The van der Waals surface area contributed by atoms with Crippen molar-refractivity contribution in [3.63, 3.8) is 0 Å². The highest BCUT2D eigenvalue weighted by Crippen LogP contribution is 2.53. The van der Waals surface area contributed by atoms with Crippen LogP contribution in [-0.2, 0) is 20.0 Å². The van der Waals surface area contributed by atoms with Gasteiger partial charge in [-0.05, 0) is 43.6 Å². The van der Waals surface area contributed by atoms with Gasteiger partial charge in [0.2, 0.25) is 0 Å². The van der Waals surface area contributed by atoms with Crippen molar-refractivity contribution in [1.29, 1.82) is 0 Å². The van der Waals surface area contributed by atoms with E-state index < -0.39 is 0 Å². The first kappa shape index (κ1) is 15.5. The summed E-state index contributed by atoms with van der Waals surface area (Å²) in [5.41, 5.74) is 2.11. The van der Waals surface area contributed by atoms with Gasteiger partial charge in [0, 0.05) is 25.8 Å². The number of rotatable bonds is 5. The Morgan fingerprint density at radius 3 is 2.65 bits per heavy atom. The van der Waals surface area contributed by atoms with Crippen molar-refractivity contribution < 1.29 is 9.59 Å². The average Bonchev–Trinajstić information content (AvgIpc) is 3.38. The molecule has 0 unspecified atom stereocenters. The van der Waals surface area contributed by atoms with Crippen molar-refractivity contribution in [3.8, 4) is 0 Å². The van der Waals surface area contributed by atoms with Gasteiger partial charge < -0.3 is 10.6 Å². The van der Waals surface area contributed by atoms with Gasteiger partial charge in [-0.1, -0.05) is 5.21 Å². The Bertz CT molecular complexity index is 879. The van der Waals surface area contributed by atoms with Gasteiger partial charge in [0.05, 0.1) is 11.7 Å². The van der Waals surface area contributed by atoms with Crippen molar-refractivity contribution in [2.24, 2.45) is 12.5 Å². The molecule has 0 radical (unpaired) electrons. The number of fused-ring (bicyclic) bond motifs is 1. The monoisotopic (exact) mass is 355 g/mol. The lowest BCUT2D eigenvalue weighted by atomic mass is 10.0. The average molecular weight is 355 g/mol. The second-order valence-electron chi connectivity index (χ2n) is 8.02. The van der Waals surface area contributed by atoms with Crippen LogP contribution >= 0.6 is 0 Å². The lowest BCUT2D eigenvalue weighted by Gasteiger charge is -2.17. The maximum atomic E-state index is 12.6. The zero-order valence-electron chi connectivity index (χ0n) is 14.7. The number of carbonyl (C=O) groups is 2. The summed E-state index contributed by atoms with van der Waals surface area (Å²) in [4.78, 5) is 24.8. The molecule has 3 heterocycles. The van der Waals surface area contributed by atoms with Crippen LogP contribution in [0.1, 0.15) is 52.4 Å². The van der Waals surface area contributed by atoms with Crippen molar-refractivity contribution in [2.45, 2.75) is 44.2 Å². The summed E-state index contributed by atoms with van der Waals surface area (Å²) in [7, 11) is 1.67. The van der Waals surface area contributed by atoms with E-state index >= 15 is 0 Å². The van der Waals surface area contributed by atoms with Crippen LogP contribution < -0.4 is 10.6 Å². The van der Waals surface area contributed by atoms with Crippen LogP contribution in [0.5, 0.6) is 0 Å². The Morgan fingerprint density at radius 2 is 2.04 bits per heavy atom. The molecule has 1 aliphatic heterocycles. The first-order valence-electron chi connectivity index (χ1n) is 9.00. The van der Waals surface area contributed by atoms with Crippen molar-refractivity contribution >= 4 is 11.8 Å². The zero-order valence-corrected chi connectivity index (χ0v) is 14.7. The molecule has 2 N–H and O–H groups in total. The second kappa shape index (κ2) is 5.15. The minimum absolute atomic E-state index is 0.161. The molecule has 2 aromatic rings. The Balaban J connectivity index is 1.20. The normalized spacial score (nSPS) is 20.7. The summed E-state index contributed by atoms with van der Waals surface area (Å²) in [5, 5.41) is 17.9. The van der Waals surface area contributed by atoms with E-state index in [4.69, 9.17) is 0 Å². The minimum atomic E-state index is -0.370. The van der Waals surface area contributed by atoms with Crippen molar-refractivity contribution in [2.75, 3.05) is 6.54 Å². The largest absolute Gasteiger partial charge is 0.348 e. The van der Waals surface area contributed by atoms with E-state index in [0.717, 1.165) is 31.5 Å². The number of carbonyl (C=O) groups excluding carboxylic acids is 2. The highest BCUT2D eigenvalue weighted by atomic mass is 16.2. The summed E-state index contributed by atoms with van der Waals surface area (Å²) < 4.78 is 3.41. The molecule has 2 saturated carbocycles. The first-order chi connectivity index (χ1) is 12.5. The summed E-state index contributed by atoms with van der Waals surface area (Å²) in [6.45, 7) is 1.33. The lowest BCUT2D eigenvalue weighted by Crippen LogP contribution is -2.46. The SMILES string of the molecule is Cn1nncc1C(=O)NCC1(NC(=O)c2cc3n(n2)CC2(CC2)C3)CC1. The molecule has 5 rings (SSSR count). The maximum Gasteiger partial charge on any atom is 0.272 e. The summed E-state index contributed by atoms with van der Waals surface area (Å²) in [6.07, 6.45) is 6.69. The van der Waals surface area contributed by atoms with Crippen LogP contribution in [0.25, 0.3) is 0 Å². The van der Waals surface area contributed by atoms with E-state index in [-0.39, 0.29) is 17.4 Å². The summed E-state index contributed by atoms with van der Waals surface area (Å²) >= 11 is 0.